The first-order valence-electron chi connectivity index (χ1n) is 8.33. The first kappa shape index (κ1) is 18.4. The predicted molar refractivity (Wildman–Crippen MR) is 91.5 cm³/mol. The maximum atomic E-state index is 13.1. The van der Waals surface area contributed by atoms with E-state index in [1.54, 1.807) is 12.1 Å². The van der Waals surface area contributed by atoms with Crippen LogP contribution < -0.4 is 0 Å². The molecule has 0 atom stereocenters. The highest BCUT2D eigenvalue weighted by Crippen LogP contribution is 2.34. The van der Waals surface area contributed by atoms with E-state index in [2.05, 4.69) is 27.7 Å². The van der Waals surface area contributed by atoms with Gasteiger partial charge in [0.25, 0.3) is 0 Å². The average molecular weight is 311 g/mol. The summed E-state index contributed by atoms with van der Waals surface area (Å²) in [7, 11) is -2.09. The van der Waals surface area contributed by atoms with Gasteiger partial charge in [-0.1, -0.05) is 59.1 Å². The highest BCUT2D eigenvalue weighted by molar-refractivity contribution is 6.75. The summed E-state index contributed by atoms with van der Waals surface area (Å²) >= 11 is 0. The van der Waals surface area contributed by atoms with E-state index in [4.69, 9.17) is 0 Å². The molecule has 3 heteroatoms. The van der Waals surface area contributed by atoms with Crippen molar-refractivity contribution in [1.82, 2.24) is 0 Å². The molecule has 1 N–H and O–H groups in total. The van der Waals surface area contributed by atoms with Crippen LogP contribution >= 0.6 is 0 Å². The van der Waals surface area contributed by atoms with Crippen molar-refractivity contribution in [1.29, 1.82) is 0 Å². The fraction of sp³-hybridized carbons (Fsp3) is 0.667. The van der Waals surface area contributed by atoms with Crippen molar-refractivity contribution < 1.29 is 9.19 Å². The summed E-state index contributed by atoms with van der Waals surface area (Å²) in [5.74, 6) is -0.141. The number of unbranched alkanes of at least 4 members (excludes halogenated alkanes) is 3. The molecule has 0 unspecified atom stereocenters. The van der Waals surface area contributed by atoms with Gasteiger partial charge in [0.1, 0.15) is 5.82 Å². The molecule has 120 valence electrons. The predicted octanol–water partition coefficient (Wildman–Crippen LogP) is 5.69. The number of hydrogen-bond acceptors (Lipinski definition) is 1. The Kier molecular flexibility index (Phi) is 7.61. The molecule has 0 heterocycles. The van der Waals surface area contributed by atoms with Crippen LogP contribution in [0.5, 0.6) is 0 Å². The Morgan fingerprint density at radius 2 is 1.62 bits per heavy atom. The molecule has 0 radical (unpaired) electrons. The van der Waals surface area contributed by atoms with Gasteiger partial charge in [0.2, 0.25) is 0 Å². The van der Waals surface area contributed by atoms with Crippen molar-refractivity contribution in [3.05, 3.63) is 35.6 Å². The van der Waals surface area contributed by atoms with E-state index in [1.165, 1.54) is 12.5 Å². The average Bonchev–Trinajstić information content (AvgIpc) is 2.42. The Bertz CT molecular complexity index is 409. The molecular weight excluding hydrogens is 279 g/mol. The summed E-state index contributed by atoms with van der Waals surface area (Å²) in [5, 5.41) is 0. The summed E-state index contributed by atoms with van der Waals surface area (Å²) in [6.07, 6.45) is 5.52. The topological polar surface area (TPSA) is 20.2 Å². The summed E-state index contributed by atoms with van der Waals surface area (Å²) < 4.78 is 13.1. The number of rotatable bonds is 9. The zero-order valence-electron chi connectivity index (χ0n) is 14.0. The van der Waals surface area contributed by atoms with Crippen LogP contribution in [0.3, 0.4) is 0 Å². The molecular formula is C18H31FOSi. The number of benzene rings is 1. The van der Waals surface area contributed by atoms with Crippen LogP contribution in [0.15, 0.2) is 24.3 Å². The molecule has 0 saturated heterocycles. The smallest absolute Gasteiger partial charge is 0.193 e. The highest BCUT2D eigenvalue weighted by atomic mass is 28.4. The van der Waals surface area contributed by atoms with Crippen LogP contribution in [0.25, 0.3) is 0 Å². The molecule has 0 aromatic heterocycles. The molecule has 1 nitrogen and oxygen atoms in total. The van der Waals surface area contributed by atoms with Gasteiger partial charge in [0.15, 0.2) is 8.32 Å². The first-order valence-corrected chi connectivity index (χ1v) is 10.6. The Balaban J connectivity index is 2.22. The molecule has 1 aromatic rings. The van der Waals surface area contributed by atoms with Crippen LogP contribution in [-0.2, 0) is 6.42 Å². The zero-order chi connectivity index (χ0) is 15.9. The van der Waals surface area contributed by atoms with Gasteiger partial charge in [-0.15, -0.1) is 0 Å². The largest absolute Gasteiger partial charge is 0.431 e. The minimum Gasteiger partial charge on any atom is -0.431 e. The van der Waals surface area contributed by atoms with Gasteiger partial charge >= 0.3 is 0 Å². The SMILES string of the molecule is CC(C)[Si](O)(CCCCCCc1cccc(F)c1)C(C)C. The van der Waals surface area contributed by atoms with Crippen molar-refractivity contribution in [3.63, 3.8) is 0 Å². The second kappa shape index (κ2) is 8.69. The molecule has 0 saturated carbocycles. The minimum absolute atomic E-state index is 0.141. The summed E-state index contributed by atoms with van der Waals surface area (Å²) in [6.45, 7) is 8.65. The normalized spacial score (nSPS) is 12.4. The Labute approximate surface area is 130 Å². The van der Waals surface area contributed by atoms with Crippen molar-refractivity contribution in [2.75, 3.05) is 0 Å². The van der Waals surface area contributed by atoms with Crippen LogP contribution in [0.4, 0.5) is 4.39 Å². The maximum absolute atomic E-state index is 13.1. The quantitative estimate of drug-likeness (QED) is 0.459. The van der Waals surface area contributed by atoms with Crippen LogP contribution in [0, 0.1) is 5.82 Å². The van der Waals surface area contributed by atoms with Crippen molar-refractivity contribution in [2.24, 2.45) is 0 Å². The van der Waals surface area contributed by atoms with E-state index in [9.17, 15) is 9.19 Å². The molecule has 1 aromatic carbocycles. The van der Waals surface area contributed by atoms with E-state index in [-0.39, 0.29) is 5.82 Å². The highest BCUT2D eigenvalue weighted by Gasteiger charge is 2.37. The summed E-state index contributed by atoms with van der Waals surface area (Å²) in [5.41, 5.74) is 1.96. The van der Waals surface area contributed by atoms with Gasteiger partial charge < -0.3 is 4.80 Å². The molecule has 1 rings (SSSR count). The fourth-order valence-electron chi connectivity index (χ4n) is 3.03. The maximum Gasteiger partial charge on any atom is 0.193 e. The van der Waals surface area contributed by atoms with E-state index >= 15 is 0 Å². The zero-order valence-corrected chi connectivity index (χ0v) is 15.0. The number of halogens is 1. The molecule has 0 amide bonds. The third-order valence-electron chi connectivity index (χ3n) is 4.68. The van der Waals surface area contributed by atoms with Gasteiger partial charge in [-0.25, -0.2) is 4.39 Å². The molecule has 0 bridgehead atoms. The molecule has 21 heavy (non-hydrogen) atoms. The minimum atomic E-state index is -2.09. The van der Waals surface area contributed by atoms with E-state index < -0.39 is 8.32 Å². The molecule has 0 fully saturated rings. The Morgan fingerprint density at radius 3 is 2.19 bits per heavy atom. The summed E-state index contributed by atoms with van der Waals surface area (Å²) in [4.78, 5) is 10.8. The standard InChI is InChI=1S/C18H31FOSi/c1-15(2)21(20,16(3)4)13-8-6-5-7-10-17-11-9-12-18(19)14-17/h9,11-12,14-16,20H,5-8,10,13H2,1-4H3. The van der Waals surface area contributed by atoms with Gasteiger partial charge in [0.05, 0.1) is 0 Å². The third-order valence-corrected chi connectivity index (χ3v) is 9.83. The van der Waals surface area contributed by atoms with E-state index in [1.807, 2.05) is 6.07 Å². The van der Waals surface area contributed by atoms with Gasteiger partial charge in [0, 0.05) is 0 Å². The fourth-order valence-corrected chi connectivity index (χ4v) is 6.33. The van der Waals surface area contributed by atoms with Crippen molar-refractivity contribution in [2.45, 2.75) is 76.9 Å². The van der Waals surface area contributed by atoms with E-state index in [0.29, 0.717) is 11.1 Å². The van der Waals surface area contributed by atoms with Crippen molar-refractivity contribution >= 4 is 8.32 Å². The Morgan fingerprint density at radius 1 is 1.00 bits per heavy atom. The molecule has 0 aliphatic heterocycles. The van der Waals surface area contributed by atoms with Gasteiger partial charge in [-0.05, 0) is 47.7 Å². The summed E-state index contributed by atoms with van der Waals surface area (Å²) in [6, 6.07) is 7.91. The Hall–Kier alpha value is -0.673. The lowest BCUT2D eigenvalue weighted by atomic mass is 10.1. The van der Waals surface area contributed by atoms with Crippen molar-refractivity contribution in [3.8, 4) is 0 Å². The van der Waals surface area contributed by atoms with Gasteiger partial charge in [-0.2, -0.15) is 0 Å². The lowest BCUT2D eigenvalue weighted by molar-refractivity contribution is 0.482. The van der Waals surface area contributed by atoms with Crippen LogP contribution in [-0.4, -0.2) is 13.1 Å². The molecule has 0 spiro atoms. The number of hydrogen-bond donors (Lipinski definition) is 1. The van der Waals surface area contributed by atoms with Crippen LogP contribution in [0.2, 0.25) is 17.1 Å². The monoisotopic (exact) mass is 310 g/mol. The first-order chi connectivity index (χ1) is 9.86. The van der Waals surface area contributed by atoms with Gasteiger partial charge in [-0.3, -0.25) is 0 Å². The second-order valence-corrected chi connectivity index (χ2v) is 11.6. The molecule has 0 aliphatic rings. The van der Waals surface area contributed by atoms with Crippen LogP contribution in [0.1, 0.15) is 58.9 Å². The number of aryl methyl sites for hydroxylation is 1. The lowest BCUT2D eigenvalue weighted by Crippen LogP contribution is -2.41. The molecule has 0 aliphatic carbocycles. The second-order valence-electron chi connectivity index (χ2n) is 6.84. The van der Waals surface area contributed by atoms with E-state index in [0.717, 1.165) is 37.3 Å². The lowest BCUT2D eigenvalue weighted by Gasteiger charge is -2.33. The third kappa shape index (κ3) is 5.91.